The summed E-state index contributed by atoms with van der Waals surface area (Å²) in [6.07, 6.45) is 7.96. The van der Waals surface area contributed by atoms with Gasteiger partial charge >= 0.3 is 0 Å². The maximum atomic E-state index is 9.62. The molecule has 0 aromatic carbocycles. The molecule has 2 atom stereocenters. The minimum atomic E-state index is 0.282. The van der Waals surface area contributed by atoms with Gasteiger partial charge in [0.05, 0.1) is 11.9 Å². The van der Waals surface area contributed by atoms with Crippen LogP contribution >= 0.6 is 0 Å². The number of aliphatic hydroxyl groups is 1. The van der Waals surface area contributed by atoms with E-state index < -0.39 is 0 Å². The summed E-state index contributed by atoms with van der Waals surface area (Å²) in [5, 5.41) is 13.3. The summed E-state index contributed by atoms with van der Waals surface area (Å²) in [4.78, 5) is 8.91. The Morgan fingerprint density at radius 2 is 2.09 bits per heavy atom. The quantitative estimate of drug-likeness (QED) is 0.851. The fourth-order valence-electron chi connectivity index (χ4n) is 3.63. The van der Waals surface area contributed by atoms with E-state index in [1.165, 1.54) is 19.3 Å². The average Bonchev–Trinajstić information content (AvgIpc) is 2.76. The maximum absolute atomic E-state index is 9.62. The number of rotatable bonds is 4. The van der Waals surface area contributed by atoms with Crippen molar-refractivity contribution in [3.05, 3.63) is 29.3 Å². The highest BCUT2D eigenvalue weighted by Crippen LogP contribution is 2.23. The molecule has 1 saturated carbocycles. The van der Waals surface area contributed by atoms with Crippen LogP contribution in [0, 0.1) is 19.8 Å². The largest absolute Gasteiger partial charge is 0.396 e. The molecule has 2 heterocycles. The Balaban J connectivity index is 1.76. The fraction of sp³-hybridized carbons (Fsp3) is 0.647. The lowest BCUT2D eigenvalue weighted by atomic mass is 9.95. The van der Waals surface area contributed by atoms with Crippen molar-refractivity contribution in [3.8, 4) is 0 Å². The molecule has 0 aliphatic heterocycles. The van der Waals surface area contributed by atoms with E-state index in [1.54, 1.807) is 0 Å². The number of aryl methyl sites for hydroxylation is 2. The van der Waals surface area contributed by atoms with Gasteiger partial charge in [-0.2, -0.15) is 0 Å². The molecule has 1 aliphatic carbocycles. The molecule has 3 rings (SSSR count). The molecule has 120 valence electrons. The summed E-state index contributed by atoms with van der Waals surface area (Å²) in [5.74, 6) is 1.15. The molecule has 22 heavy (non-hydrogen) atoms. The zero-order chi connectivity index (χ0) is 15.5. The highest BCUT2D eigenvalue weighted by molar-refractivity contribution is 5.35. The monoisotopic (exact) mass is 302 g/mol. The minimum absolute atomic E-state index is 0.282. The van der Waals surface area contributed by atoms with Crippen molar-refractivity contribution in [1.29, 1.82) is 0 Å². The second-order valence-electron chi connectivity index (χ2n) is 6.49. The topological polar surface area (TPSA) is 62.5 Å². The van der Waals surface area contributed by atoms with Crippen LogP contribution in [0.15, 0.2) is 12.3 Å². The number of imidazole rings is 1. The molecule has 5 nitrogen and oxygen atoms in total. The third-order valence-electron chi connectivity index (χ3n) is 4.80. The maximum Gasteiger partial charge on any atom is 0.234 e. The Morgan fingerprint density at radius 3 is 2.91 bits per heavy atom. The summed E-state index contributed by atoms with van der Waals surface area (Å²) in [7, 11) is 0. The van der Waals surface area contributed by atoms with Gasteiger partial charge in [0.1, 0.15) is 0 Å². The summed E-state index contributed by atoms with van der Waals surface area (Å²) in [5.41, 5.74) is 3.30. The van der Waals surface area contributed by atoms with E-state index >= 15 is 0 Å². The summed E-state index contributed by atoms with van der Waals surface area (Å²) >= 11 is 0. The molecule has 2 aromatic heterocycles. The zero-order valence-electron chi connectivity index (χ0n) is 13.5. The SMILES string of the molecule is Cc1cc(C)n2c(CNC3CCCCCC3CO)cnc2n1. The Bertz CT molecular complexity index is 637. The molecule has 2 N–H and O–H groups in total. The Kier molecular flexibility index (Phi) is 4.74. The van der Waals surface area contributed by atoms with Gasteiger partial charge in [0, 0.05) is 30.6 Å². The first-order valence-electron chi connectivity index (χ1n) is 8.34. The van der Waals surface area contributed by atoms with Gasteiger partial charge in [-0.25, -0.2) is 9.97 Å². The lowest BCUT2D eigenvalue weighted by Crippen LogP contribution is -2.37. The van der Waals surface area contributed by atoms with Gasteiger partial charge in [0.25, 0.3) is 0 Å². The highest BCUT2D eigenvalue weighted by atomic mass is 16.3. The predicted octanol–water partition coefficient (Wildman–Crippen LogP) is 2.38. The van der Waals surface area contributed by atoms with E-state index in [0.29, 0.717) is 12.0 Å². The molecule has 0 saturated heterocycles. The van der Waals surface area contributed by atoms with Crippen molar-refractivity contribution in [2.24, 2.45) is 5.92 Å². The molecule has 0 spiro atoms. The van der Waals surface area contributed by atoms with Crippen molar-refractivity contribution >= 4 is 5.78 Å². The fourth-order valence-corrected chi connectivity index (χ4v) is 3.63. The van der Waals surface area contributed by atoms with Crippen LogP contribution in [-0.4, -0.2) is 32.1 Å². The summed E-state index contributed by atoms with van der Waals surface area (Å²) in [6.45, 7) is 5.14. The van der Waals surface area contributed by atoms with Gasteiger partial charge in [-0.3, -0.25) is 4.40 Å². The van der Waals surface area contributed by atoms with Gasteiger partial charge in [-0.15, -0.1) is 0 Å². The minimum Gasteiger partial charge on any atom is -0.396 e. The number of hydrogen-bond acceptors (Lipinski definition) is 4. The first kappa shape index (κ1) is 15.4. The van der Waals surface area contributed by atoms with Gasteiger partial charge < -0.3 is 10.4 Å². The zero-order valence-corrected chi connectivity index (χ0v) is 13.5. The number of aromatic nitrogens is 3. The standard InChI is InChI=1S/C17H26N4O/c1-12-8-13(2)21-15(10-19-17(21)20-12)9-18-16-7-5-3-4-6-14(16)11-22/h8,10,14,16,18,22H,3-7,9,11H2,1-2H3. The van der Waals surface area contributed by atoms with Gasteiger partial charge in [-0.05, 0) is 38.7 Å². The molecule has 0 bridgehead atoms. The van der Waals surface area contributed by atoms with E-state index in [1.807, 2.05) is 13.1 Å². The first-order valence-corrected chi connectivity index (χ1v) is 8.34. The first-order chi connectivity index (χ1) is 10.7. The molecular formula is C17H26N4O. The molecule has 1 aliphatic rings. The second-order valence-corrected chi connectivity index (χ2v) is 6.49. The number of nitrogens with zero attached hydrogens (tertiary/aromatic N) is 3. The van der Waals surface area contributed by atoms with E-state index in [4.69, 9.17) is 0 Å². The van der Waals surface area contributed by atoms with Gasteiger partial charge in [-0.1, -0.05) is 19.3 Å². The second kappa shape index (κ2) is 6.75. The summed E-state index contributed by atoms with van der Waals surface area (Å²) < 4.78 is 2.12. The van der Waals surface area contributed by atoms with Crippen LogP contribution in [0.5, 0.6) is 0 Å². The van der Waals surface area contributed by atoms with E-state index in [2.05, 4.69) is 32.7 Å². The van der Waals surface area contributed by atoms with Crippen LogP contribution in [-0.2, 0) is 6.54 Å². The lowest BCUT2D eigenvalue weighted by molar-refractivity contribution is 0.180. The number of hydrogen-bond donors (Lipinski definition) is 2. The number of nitrogens with one attached hydrogen (secondary N) is 1. The molecule has 2 aromatic rings. The molecule has 5 heteroatoms. The van der Waals surface area contributed by atoms with Crippen LogP contribution in [0.2, 0.25) is 0 Å². The van der Waals surface area contributed by atoms with Crippen molar-refractivity contribution < 1.29 is 5.11 Å². The third kappa shape index (κ3) is 3.15. The Hall–Kier alpha value is -1.46. The van der Waals surface area contributed by atoms with Crippen LogP contribution in [0.3, 0.4) is 0 Å². The van der Waals surface area contributed by atoms with Gasteiger partial charge in [0.2, 0.25) is 5.78 Å². The normalized spacial score (nSPS) is 22.9. The number of fused-ring (bicyclic) bond motifs is 1. The lowest BCUT2D eigenvalue weighted by Gasteiger charge is -2.24. The van der Waals surface area contributed by atoms with Gasteiger partial charge in [0.15, 0.2) is 0 Å². The van der Waals surface area contributed by atoms with Crippen molar-refractivity contribution in [1.82, 2.24) is 19.7 Å². The number of aliphatic hydroxyl groups excluding tert-OH is 1. The predicted molar refractivity (Wildman–Crippen MR) is 86.7 cm³/mol. The smallest absolute Gasteiger partial charge is 0.234 e. The van der Waals surface area contributed by atoms with E-state index in [0.717, 1.165) is 42.2 Å². The Labute approximate surface area is 131 Å². The highest BCUT2D eigenvalue weighted by Gasteiger charge is 2.23. The summed E-state index contributed by atoms with van der Waals surface area (Å²) in [6, 6.07) is 2.48. The van der Waals surface area contributed by atoms with Crippen LogP contribution < -0.4 is 5.32 Å². The molecule has 0 radical (unpaired) electrons. The average molecular weight is 302 g/mol. The molecule has 1 fully saturated rings. The third-order valence-corrected chi connectivity index (χ3v) is 4.80. The van der Waals surface area contributed by atoms with Crippen LogP contribution in [0.1, 0.15) is 49.2 Å². The van der Waals surface area contributed by atoms with Crippen LogP contribution in [0.4, 0.5) is 0 Å². The van der Waals surface area contributed by atoms with Crippen LogP contribution in [0.25, 0.3) is 5.78 Å². The van der Waals surface area contributed by atoms with E-state index in [-0.39, 0.29) is 6.61 Å². The van der Waals surface area contributed by atoms with E-state index in [9.17, 15) is 5.11 Å². The van der Waals surface area contributed by atoms with Crippen molar-refractivity contribution in [2.45, 2.75) is 58.5 Å². The molecule has 0 amide bonds. The van der Waals surface area contributed by atoms with Crippen molar-refractivity contribution in [2.75, 3.05) is 6.61 Å². The Morgan fingerprint density at radius 1 is 1.27 bits per heavy atom. The molecule has 2 unspecified atom stereocenters. The molecular weight excluding hydrogens is 276 g/mol. The van der Waals surface area contributed by atoms with Crippen molar-refractivity contribution in [3.63, 3.8) is 0 Å².